The molecule has 0 spiro atoms. The lowest BCUT2D eigenvalue weighted by molar-refractivity contribution is 0.0596. The van der Waals surface area contributed by atoms with E-state index in [-0.39, 0.29) is 5.69 Å². The summed E-state index contributed by atoms with van der Waals surface area (Å²) >= 11 is 0. The van der Waals surface area contributed by atoms with Crippen molar-refractivity contribution >= 4 is 11.8 Å². The molecule has 0 aliphatic heterocycles. The lowest BCUT2D eigenvalue weighted by atomic mass is 10.3. The van der Waals surface area contributed by atoms with Crippen molar-refractivity contribution in [3.8, 4) is 0 Å². The van der Waals surface area contributed by atoms with E-state index in [1.54, 1.807) is 17.1 Å². The van der Waals surface area contributed by atoms with Gasteiger partial charge in [0, 0.05) is 24.9 Å². The van der Waals surface area contributed by atoms with Crippen LogP contribution in [0.5, 0.6) is 0 Å². The standard InChI is InChI=1S/C10H13N5O2/c1-17-10(16)8-9(11)15(6-14-8)3-2-7-4-12-5-13-7/h4-6H,2-3,11H2,1H3,(H,12,13). The van der Waals surface area contributed by atoms with E-state index in [0.29, 0.717) is 12.4 Å². The summed E-state index contributed by atoms with van der Waals surface area (Å²) in [6.07, 6.45) is 5.62. The van der Waals surface area contributed by atoms with Crippen LogP contribution in [0.2, 0.25) is 0 Å². The van der Waals surface area contributed by atoms with E-state index in [4.69, 9.17) is 5.73 Å². The number of carbonyl (C=O) groups is 1. The Morgan fingerprint density at radius 3 is 3.12 bits per heavy atom. The number of aromatic amines is 1. The van der Waals surface area contributed by atoms with Gasteiger partial charge in [0.15, 0.2) is 5.69 Å². The van der Waals surface area contributed by atoms with Crippen LogP contribution in [0.4, 0.5) is 5.82 Å². The van der Waals surface area contributed by atoms with E-state index in [9.17, 15) is 4.79 Å². The van der Waals surface area contributed by atoms with Gasteiger partial charge in [-0.05, 0) is 0 Å². The van der Waals surface area contributed by atoms with E-state index < -0.39 is 5.97 Å². The minimum absolute atomic E-state index is 0.150. The van der Waals surface area contributed by atoms with Gasteiger partial charge < -0.3 is 20.0 Å². The number of H-pyrrole nitrogens is 1. The number of hydrogen-bond donors (Lipinski definition) is 2. The quantitative estimate of drug-likeness (QED) is 0.738. The van der Waals surface area contributed by atoms with Crippen LogP contribution in [-0.2, 0) is 17.7 Å². The molecule has 0 saturated heterocycles. The molecule has 2 rings (SSSR count). The van der Waals surface area contributed by atoms with Crippen LogP contribution in [-0.4, -0.2) is 32.6 Å². The molecule has 0 unspecified atom stereocenters. The number of rotatable bonds is 4. The Bertz CT molecular complexity index is 503. The number of imidazole rings is 2. The van der Waals surface area contributed by atoms with Crippen molar-refractivity contribution in [1.29, 1.82) is 0 Å². The molecule has 0 saturated carbocycles. The number of esters is 1. The fourth-order valence-corrected chi connectivity index (χ4v) is 1.49. The minimum Gasteiger partial charge on any atom is -0.464 e. The highest BCUT2D eigenvalue weighted by atomic mass is 16.5. The number of nitrogens with one attached hydrogen (secondary N) is 1. The zero-order chi connectivity index (χ0) is 12.3. The third-order valence-corrected chi connectivity index (χ3v) is 2.43. The van der Waals surface area contributed by atoms with Crippen LogP contribution in [0.1, 0.15) is 16.2 Å². The summed E-state index contributed by atoms with van der Waals surface area (Å²) in [5, 5.41) is 0. The number of nitrogens with zero attached hydrogens (tertiary/aromatic N) is 3. The summed E-state index contributed by atoms with van der Waals surface area (Å²) in [7, 11) is 1.30. The van der Waals surface area contributed by atoms with Crippen molar-refractivity contribution in [2.24, 2.45) is 0 Å². The van der Waals surface area contributed by atoms with Crippen LogP contribution >= 0.6 is 0 Å². The summed E-state index contributed by atoms with van der Waals surface area (Å²) in [4.78, 5) is 22.1. The zero-order valence-corrected chi connectivity index (χ0v) is 9.38. The highest BCUT2D eigenvalue weighted by Crippen LogP contribution is 2.11. The third kappa shape index (κ3) is 2.27. The molecule has 2 aromatic heterocycles. The second-order valence-corrected chi connectivity index (χ2v) is 3.49. The van der Waals surface area contributed by atoms with Crippen molar-refractivity contribution < 1.29 is 9.53 Å². The molecule has 0 amide bonds. The van der Waals surface area contributed by atoms with Gasteiger partial charge >= 0.3 is 5.97 Å². The molecular weight excluding hydrogens is 222 g/mol. The first-order valence-electron chi connectivity index (χ1n) is 5.08. The highest BCUT2D eigenvalue weighted by molar-refractivity contribution is 5.91. The number of hydrogen-bond acceptors (Lipinski definition) is 5. The molecule has 0 atom stereocenters. The highest BCUT2D eigenvalue weighted by Gasteiger charge is 2.15. The summed E-state index contributed by atoms with van der Waals surface area (Å²) in [5.41, 5.74) is 6.94. The van der Waals surface area contributed by atoms with Crippen molar-refractivity contribution in [3.63, 3.8) is 0 Å². The number of aromatic nitrogens is 4. The number of anilines is 1. The molecular formula is C10H13N5O2. The van der Waals surface area contributed by atoms with E-state index in [1.807, 2.05) is 0 Å². The average Bonchev–Trinajstić information content (AvgIpc) is 2.95. The first-order valence-corrected chi connectivity index (χ1v) is 5.08. The molecule has 7 nitrogen and oxygen atoms in total. The SMILES string of the molecule is COC(=O)c1ncn(CCc2cnc[nH]2)c1N. The number of carbonyl (C=O) groups excluding carboxylic acids is 1. The molecule has 0 aromatic carbocycles. The fraction of sp³-hybridized carbons (Fsp3) is 0.300. The van der Waals surface area contributed by atoms with Crippen LogP contribution in [0.3, 0.4) is 0 Å². The smallest absolute Gasteiger partial charge is 0.360 e. The van der Waals surface area contributed by atoms with Gasteiger partial charge in [0.05, 0.1) is 19.8 Å². The van der Waals surface area contributed by atoms with Gasteiger partial charge in [-0.15, -0.1) is 0 Å². The van der Waals surface area contributed by atoms with Crippen LogP contribution in [0, 0.1) is 0 Å². The van der Waals surface area contributed by atoms with Gasteiger partial charge in [-0.25, -0.2) is 14.8 Å². The predicted molar refractivity (Wildman–Crippen MR) is 60.3 cm³/mol. The van der Waals surface area contributed by atoms with Gasteiger partial charge in [-0.2, -0.15) is 0 Å². The van der Waals surface area contributed by atoms with Crippen molar-refractivity contribution in [2.75, 3.05) is 12.8 Å². The second-order valence-electron chi connectivity index (χ2n) is 3.49. The largest absolute Gasteiger partial charge is 0.464 e. The molecule has 2 heterocycles. The van der Waals surface area contributed by atoms with Crippen molar-refractivity contribution in [2.45, 2.75) is 13.0 Å². The van der Waals surface area contributed by atoms with Gasteiger partial charge in [0.2, 0.25) is 0 Å². The molecule has 2 aromatic rings. The van der Waals surface area contributed by atoms with E-state index in [1.165, 1.54) is 13.4 Å². The third-order valence-electron chi connectivity index (χ3n) is 2.43. The first kappa shape index (κ1) is 11.2. The summed E-state index contributed by atoms with van der Waals surface area (Å²) in [6.45, 7) is 0.623. The maximum Gasteiger partial charge on any atom is 0.360 e. The molecule has 0 radical (unpaired) electrons. The Morgan fingerprint density at radius 2 is 2.47 bits per heavy atom. The molecule has 0 aliphatic carbocycles. The Balaban J connectivity index is 2.07. The zero-order valence-electron chi connectivity index (χ0n) is 9.38. The average molecular weight is 235 g/mol. The molecule has 17 heavy (non-hydrogen) atoms. The Morgan fingerprint density at radius 1 is 1.65 bits per heavy atom. The lowest BCUT2D eigenvalue weighted by Crippen LogP contribution is -2.09. The number of aryl methyl sites for hydroxylation is 2. The summed E-state index contributed by atoms with van der Waals surface area (Å²) in [5.74, 6) is -0.209. The molecule has 90 valence electrons. The predicted octanol–water partition coefficient (Wildman–Crippen LogP) is 0.218. The van der Waals surface area contributed by atoms with Gasteiger partial charge in [-0.3, -0.25) is 0 Å². The molecule has 0 aliphatic rings. The fourth-order valence-electron chi connectivity index (χ4n) is 1.49. The second kappa shape index (κ2) is 4.69. The summed E-state index contributed by atoms with van der Waals surface area (Å²) in [6, 6.07) is 0. The van der Waals surface area contributed by atoms with E-state index in [0.717, 1.165) is 12.1 Å². The van der Waals surface area contributed by atoms with Crippen LogP contribution in [0.15, 0.2) is 18.9 Å². The monoisotopic (exact) mass is 235 g/mol. The number of ether oxygens (including phenoxy) is 1. The van der Waals surface area contributed by atoms with E-state index >= 15 is 0 Å². The summed E-state index contributed by atoms with van der Waals surface area (Å²) < 4.78 is 6.27. The lowest BCUT2D eigenvalue weighted by Gasteiger charge is -2.03. The number of methoxy groups -OCH3 is 1. The Kier molecular flexibility index (Phi) is 3.08. The molecule has 0 bridgehead atoms. The minimum atomic E-state index is -0.525. The molecule has 7 heteroatoms. The van der Waals surface area contributed by atoms with Gasteiger partial charge in [0.25, 0.3) is 0 Å². The van der Waals surface area contributed by atoms with Gasteiger partial charge in [0.1, 0.15) is 5.82 Å². The first-order chi connectivity index (χ1) is 8.22. The maximum atomic E-state index is 11.3. The number of nitrogen functional groups attached to an aromatic ring is 1. The normalized spacial score (nSPS) is 10.4. The Labute approximate surface area is 97.6 Å². The van der Waals surface area contributed by atoms with Gasteiger partial charge in [-0.1, -0.05) is 0 Å². The molecule has 3 N–H and O–H groups in total. The maximum absolute atomic E-state index is 11.3. The van der Waals surface area contributed by atoms with Crippen LogP contribution in [0.25, 0.3) is 0 Å². The van der Waals surface area contributed by atoms with E-state index in [2.05, 4.69) is 19.7 Å². The van der Waals surface area contributed by atoms with Crippen molar-refractivity contribution in [3.05, 3.63) is 30.2 Å². The van der Waals surface area contributed by atoms with Crippen molar-refractivity contribution in [1.82, 2.24) is 19.5 Å². The molecule has 0 fully saturated rings. The number of nitrogens with two attached hydrogens (primary N) is 1. The Hall–Kier alpha value is -2.31. The topological polar surface area (TPSA) is 98.8 Å². The van der Waals surface area contributed by atoms with Crippen LogP contribution < -0.4 is 5.73 Å².